The topological polar surface area (TPSA) is 32.6 Å². The zero-order valence-electron chi connectivity index (χ0n) is 11.3. The molecule has 4 saturated carbocycles. The summed E-state index contributed by atoms with van der Waals surface area (Å²) in [5.74, 6) is 1.90. The van der Waals surface area contributed by atoms with Crippen LogP contribution in [0.3, 0.4) is 0 Å². The number of hydrogen-bond donors (Lipinski definition) is 1. The smallest absolute Gasteiger partial charge is 0.0663 e. The number of rotatable bonds is 2. The molecule has 0 aromatic heterocycles. The lowest BCUT2D eigenvalue weighted by atomic mass is 9.53. The van der Waals surface area contributed by atoms with Gasteiger partial charge in [0.1, 0.15) is 0 Å². The van der Waals surface area contributed by atoms with Crippen molar-refractivity contribution in [2.45, 2.75) is 44.2 Å². The van der Waals surface area contributed by atoms with Gasteiger partial charge in [-0.3, -0.25) is 4.99 Å². The first-order valence-electron chi connectivity index (χ1n) is 7.52. The molecule has 0 aliphatic heterocycles. The zero-order valence-corrected chi connectivity index (χ0v) is 11.3. The van der Waals surface area contributed by atoms with Gasteiger partial charge >= 0.3 is 0 Å². The number of aliphatic hydroxyl groups is 1. The molecule has 4 aliphatic rings. The lowest BCUT2D eigenvalue weighted by Gasteiger charge is -2.54. The fraction of sp³-hybridized carbons (Fsp3) is 0.588. The monoisotopic (exact) mass is 255 g/mol. The van der Waals surface area contributed by atoms with E-state index in [9.17, 15) is 5.11 Å². The maximum atomic E-state index is 10.6. The highest BCUT2D eigenvalue weighted by molar-refractivity contribution is 5.91. The van der Waals surface area contributed by atoms with E-state index >= 15 is 0 Å². The molecule has 0 saturated heterocycles. The minimum atomic E-state index is -0.345. The SMILES string of the molecule is O[C@]12C[C@@H]3C[C@H](C1)/C(=N\Cc1ccccc1)[C@@H](C3)C2. The molecular weight excluding hydrogens is 234 g/mol. The molecule has 4 aliphatic carbocycles. The van der Waals surface area contributed by atoms with E-state index in [1.54, 1.807) is 0 Å². The van der Waals surface area contributed by atoms with E-state index in [1.165, 1.54) is 24.1 Å². The van der Waals surface area contributed by atoms with Gasteiger partial charge in [-0.05, 0) is 43.6 Å². The first kappa shape index (κ1) is 11.7. The van der Waals surface area contributed by atoms with Gasteiger partial charge in [0, 0.05) is 17.5 Å². The predicted octanol–water partition coefficient (Wildman–Crippen LogP) is 3.20. The molecule has 0 unspecified atom stereocenters. The Kier molecular flexibility index (Phi) is 2.56. The summed E-state index contributed by atoms with van der Waals surface area (Å²) in [5.41, 5.74) is 2.37. The quantitative estimate of drug-likeness (QED) is 0.865. The second-order valence-corrected chi connectivity index (χ2v) is 6.79. The van der Waals surface area contributed by atoms with Gasteiger partial charge in [-0.25, -0.2) is 0 Å². The standard InChI is InChI=1S/C17H21NO/c19-17-8-13-6-14(9-17)16(15(7-13)10-17)18-11-12-4-2-1-3-5-12/h1-5,13-15,19H,6-11H2/b18-16-/t13-,14-,15+,17-/m0/s1. The summed E-state index contributed by atoms with van der Waals surface area (Å²) in [5, 5.41) is 10.6. The predicted molar refractivity (Wildman–Crippen MR) is 76.1 cm³/mol. The average Bonchev–Trinajstić information content (AvgIpc) is 2.37. The molecule has 0 radical (unpaired) electrons. The van der Waals surface area contributed by atoms with Crippen LogP contribution in [-0.4, -0.2) is 16.4 Å². The zero-order chi connectivity index (χ0) is 12.9. The number of nitrogens with zero attached hydrogens (tertiary/aromatic N) is 1. The molecule has 1 aromatic rings. The van der Waals surface area contributed by atoms with Crippen molar-refractivity contribution in [3.8, 4) is 0 Å². The van der Waals surface area contributed by atoms with Crippen molar-refractivity contribution in [1.29, 1.82) is 0 Å². The second-order valence-electron chi connectivity index (χ2n) is 6.79. The minimum Gasteiger partial charge on any atom is -0.390 e. The van der Waals surface area contributed by atoms with Crippen molar-refractivity contribution in [1.82, 2.24) is 0 Å². The molecule has 100 valence electrons. The van der Waals surface area contributed by atoms with Crippen LogP contribution < -0.4 is 0 Å². The van der Waals surface area contributed by atoms with E-state index in [2.05, 4.69) is 30.3 Å². The molecule has 4 atom stereocenters. The number of aliphatic imine (C=N–C) groups is 1. The Morgan fingerprint density at radius 2 is 1.74 bits per heavy atom. The van der Waals surface area contributed by atoms with E-state index in [1.807, 2.05) is 0 Å². The van der Waals surface area contributed by atoms with E-state index < -0.39 is 0 Å². The van der Waals surface area contributed by atoms with Crippen LogP contribution in [0.1, 0.15) is 37.7 Å². The van der Waals surface area contributed by atoms with Crippen LogP contribution in [-0.2, 0) is 6.54 Å². The summed E-state index contributed by atoms with van der Waals surface area (Å²) < 4.78 is 0. The fourth-order valence-corrected chi connectivity index (χ4v) is 4.75. The summed E-state index contributed by atoms with van der Waals surface area (Å²) in [6.45, 7) is 0.812. The molecule has 1 aromatic carbocycles. The Balaban J connectivity index is 1.56. The lowest BCUT2D eigenvalue weighted by Crippen LogP contribution is -2.55. The van der Waals surface area contributed by atoms with Crippen molar-refractivity contribution < 1.29 is 5.11 Å². The lowest BCUT2D eigenvalue weighted by molar-refractivity contribution is -0.0825. The van der Waals surface area contributed by atoms with E-state index in [0.29, 0.717) is 11.8 Å². The molecular formula is C17H21NO. The highest BCUT2D eigenvalue weighted by atomic mass is 16.3. The molecule has 4 bridgehead atoms. The Bertz CT molecular complexity index is 489. The van der Waals surface area contributed by atoms with Crippen molar-refractivity contribution in [2.75, 3.05) is 0 Å². The third-order valence-corrected chi connectivity index (χ3v) is 5.28. The molecule has 0 heterocycles. The number of hydrogen-bond acceptors (Lipinski definition) is 2. The maximum absolute atomic E-state index is 10.6. The first-order valence-corrected chi connectivity index (χ1v) is 7.52. The van der Waals surface area contributed by atoms with E-state index in [0.717, 1.165) is 31.7 Å². The van der Waals surface area contributed by atoms with Crippen LogP contribution >= 0.6 is 0 Å². The highest BCUT2D eigenvalue weighted by Crippen LogP contribution is 2.54. The molecule has 0 spiro atoms. The summed E-state index contributed by atoms with van der Waals surface area (Å²) >= 11 is 0. The van der Waals surface area contributed by atoms with E-state index in [-0.39, 0.29) is 5.60 Å². The highest BCUT2D eigenvalue weighted by Gasteiger charge is 2.53. The molecule has 1 N–H and O–H groups in total. The van der Waals surface area contributed by atoms with Gasteiger partial charge in [-0.15, -0.1) is 0 Å². The molecule has 2 nitrogen and oxygen atoms in total. The van der Waals surface area contributed by atoms with Gasteiger partial charge in [0.25, 0.3) is 0 Å². The Morgan fingerprint density at radius 1 is 1.05 bits per heavy atom. The Labute approximate surface area is 114 Å². The maximum Gasteiger partial charge on any atom is 0.0663 e. The Hall–Kier alpha value is -1.15. The minimum absolute atomic E-state index is 0.345. The van der Waals surface area contributed by atoms with Crippen molar-refractivity contribution in [3.63, 3.8) is 0 Å². The van der Waals surface area contributed by atoms with E-state index in [4.69, 9.17) is 4.99 Å². The summed E-state index contributed by atoms with van der Waals surface area (Å²) in [4.78, 5) is 4.93. The van der Waals surface area contributed by atoms with Crippen LogP contribution in [0.2, 0.25) is 0 Å². The number of benzene rings is 1. The summed E-state index contributed by atoms with van der Waals surface area (Å²) in [6.07, 6.45) is 5.52. The third kappa shape index (κ3) is 2.02. The third-order valence-electron chi connectivity index (χ3n) is 5.28. The van der Waals surface area contributed by atoms with Crippen LogP contribution in [0.25, 0.3) is 0 Å². The van der Waals surface area contributed by atoms with Crippen molar-refractivity contribution >= 4 is 5.71 Å². The van der Waals surface area contributed by atoms with Gasteiger partial charge in [-0.2, -0.15) is 0 Å². The van der Waals surface area contributed by atoms with Crippen molar-refractivity contribution in [2.24, 2.45) is 22.7 Å². The van der Waals surface area contributed by atoms with Crippen molar-refractivity contribution in [3.05, 3.63) is 35.9 Å². The van der Waals surface area contributed by atoms with Gasteiger partial charge < -0.3 is 5.11 Å². The van der Waals surface area contributed by atoms with Gasteiger partial charge in [0.05, 0.1) is 12.1 Å². The largest absolute Gasteiger partial charge is 0.390 e. The molecule has 4 fully saturated rings. The molecule has 2 heteroatoms. The first-order chi connectivity index (χ1) is 9.22. The van der Waals surface area contributed by atoms with Crippen LogP contribution in [0.15, 0.2) is 35.3 Å². The molecule has 19 heavy (non-hydrogen) atoms. The van der Waals surface area contributed by atoms with Crippen LogP contribution in [0, 0.1) is 17.8 Å². The normalized spacial score (nSPS) is 41.9. The molecule has 5 rings (SSSR count). The fourth-order valence-electron chi connectivity index (χ4n) is 4.75. The van der Waals surface area contributed by atoms with Gasteiger partial charge in [0.2, 0.25) is 0 Å². The van der Waals surface area contributed by atoms with Gasteiger partial charge in [-0.1, -0.05) is 30.3 Å². The molecule has 0 amide bonds. The summed E-state index contributed by atoms with van der Waals surface area (Å²) in [6, 6.07) is 10.5. The van der Waals surface area contributed by atoms with Crippen LogP contribution in [0.5, 0.6) is 0 Å². The average molecular weight is 255 g/mol. The van der Waals surface area contributed by atoms with Gasteiger partial charge in [0.15, 0.2) is 0 Å². The Morgan fingerprint density at radius 3 is 2.37 bits per heavy atom. The van der Waals surface area contributed by atoms with Crippen LogP contribution in [0.4, 0.5) is 0 Å². The summed E-state index contributed by atoms with van der Waals surface area (Å²) in [7, 11) is 0. The second kappa shape index (κ2) is 4.17.